The predicted molar refractivity (Wildman–Crippen MR) is 236 cm³/mol. The number of carboxylic acids is 1. The standard InChI is InChI=1S/C39H58N14O9S/c40-15-3-1-7-26(49-35(58)25-8-5-17-43-25)36(59)51-28(20-63)34(57)44-16-4-2-6-24(31(41)55)48-29(54)14-13-27(38(61)62)50-33(56)21-9-11-22(12-10-21)45-18-23-19-46-32-30(47-23)37(60)53-39(42)52-32/h9-12,19,24-28,30,32,43,45,63H,1-8,13-18,20,40H2,(H2,41,55)(H,44,57)(H,48,54)(H,49,58)(H,50,56)(H,51,59)(H,61,62)(H3,42,52,53,60). The van der Waals surface area contributed by atoms with E-state index in [4.69, 9.17) is 17.2 Å². The Bertz CT molecular complexity index is 1910. The number of thiol groups is 1. The van der Waals surface area contributed by atoms with E-state index in [1.54, 1.807) is 12.1 Å². The maximum absolute atomic E-state index is 13.2. The van der Waals surface area contributed by atoms with Crippen LogP contribution in [0.15, 0.2) is 39.2 Å². The largest absolute Gasteiger partial charge is 0.480 e. The van der Waals surface area contributed by atoms with Crippen LogP contribution < -0.4 is 59.7 Å². The number of amides is 7. The first-order chi connectivity index (χ1) is 30.2. The minimum Gasteiger partial charge on any atom is -0.480 e. The third-order valence-electron chi connectivity index (χ3n) is 10.3. The number of anilines is 1. The van der Waals surface area contributed by atoms with Gasteiger partial charge in [-0.3, -0.25) is 48.9 Å². The molecule has 0 aromatic heterocycles. The van der Waals surface area contributed by atoms with Gasteiger partial charge in [-0.15, -0.1) is 0 Å². The number of carbonyl (C=O) groups excluding carboxylic acids is 7. The maximum Gasteiger partial charge on any atom is 0.326 e. The first kappa shape index (κ1) is 49.5. The average molecular weight is 899 g/mol. The number of nitrogens with one attached hydrogen (secondary N) is 8. The van der Waals surface area contributed by atoms with E-state index in [1.165, 1.54) is 18.3 Å². The molecule has 7 unspecified atom stereocenters. The Morgan fingerprint density at radius 1 is 0.873 bits per heavy atom. The van der Waals surface area contributed by atoms with Gasteiger partial charge in [0.25, 0.3) is 11.8 Å². The molecule has 3 aliphatic heterocycles. The molecule has 1 fully saturated rings. The minimum atomic E-state index is -1.43. The summed E-state index contributed by atoms with van der Waals surface area (Å²) in [6.45, 7) is 1.53. The summed E-state index contributed by atoms with van der Waals surface area (Å²) in [4.78, 5) is 113. The summed E-state index contributed by atoms with van der Waals surface area (Å²) in [7, 11) is 0. The molecule has 7 atom stereocenters. The SMILES string of the molecule is NCCCCC(NC(=O)C1CCCN1)C(=O)NC(CS)C(=O)NCCCCC(NC(=O)CCC(NC(=O)c1ccc(NCC2=NC3C(=O)NC(N)=NC3N=C2)cc1)C(=O)O)C(N)=O. The quantitative estimate of drug-likeness (QED) is 0.0322. The molecule has 3 heterocycles. The first-order valence-corrected chi connectivity index (χ1v) is 21.4. The lowest BCUT2D eigenvalue weighted by atomic mass is 10.1. The van der Waals surface area contributed by atoms with Crippen molar-refractivity contribution in [1.82, 2.24) is 37.2 Å². The van der Waals surface area contributed by atoms with Crippen LogP contribution in [0.25, 0.3) is 0 Å². The van der Waals surface area contributed by atoms with Crippen molar-refractivity contribution in [3.63, 3.8) is 0 Å². The van der Waals surface area contributed by atoms with Crippen molar-refractivity contribution in [3.8, 4) is 0 Å². The van der Waals surface area contributed by atoms with Crippen LogP contribution in [0, 0.1) is 0 Å². The number of unbranched alkanes of at least 4 members (excludes halogenated alkanes) is 2. The van der Waals surface area contributed by atoms with Crippen LogP contribution in [0.4, 0.5) is 5.69 Å². The lowest BCUT2D eigenvalue weighted by Gasteiger charge is -2.25. The van der Waals surface area contributed by atoms with Crippen molar-refractivity contribution in [2.45, 2.75) is 107 Å². The van der Waals surface area contributed by atoms with Crippen molar-refractivity contribution in [2.75, 3.05) is 37.2 Å². The highest BCUT2D eigenvalue weighted by Crippen LogP contribution is 2.15. The highest BCUT2D eigenvalue weighted by Gasteiger charge is 2.34. The molecule has 4 rings (SSSR count). The molecule has 3 aliphatic rings. The molecular formula is C39H58N14O9S. The zero-order valence-electron chi connectivity index (χ0n) is 34.8. The Morgan fingerprint density at radius 3 is 2.27 bits per heavy atom. The highest BCUT2D eigenvalue weighted by atomic mass is 32.1. The second kappa shape index (κ2) is 25.1. The monoisotopic (exact) mass is 898 g/mol. The van der Waals surface area contributed by atoms with Crippen LogP contribution in [-0.2, 0) is 33.6 Å². The van der Waals surface area contributed by atoms with Gasteiger partial charge >= 0.3 is 5.97 Å². The van der Waals surface area contributed by atoms with E-state index in [0.29, 0.717) is 56.5 Å². The Hall–Kier alpha value is -6.14. The van der Waals surface area contributed by atoms with E-state index in [-0.39, 0.29) is 61.6 Å². The molecule has 0 aliphatic carbocycles. The van der Waals surface area contributed by atoms with E-state index in [2.05, 4.69) is 70.1 Å². The van der Waals surface area contributed by atoms with Gasteiger partial charge in [-0.2, -0.15) is 12.6 Å². The van der Waals surface area contributed by atoms with E-state index in [1.807, 2.05) is 0 Å². The first-order valence-electron chi connectivity index (χ1n) is 20.8. The summed E-state index contributed by atoms with van der Waals surface area (Å²) < 4.78 is 0. The number of hydrogen-bond acceptors (Lipinski definition) is 16. The Morgan fingerprint density at radius 2 is 1.60 bits per heavy atom. The second-order valence-corrected chi connectivity index (χ2v) is 15.5. The molecule has 23 nitrogen and oxygen atoms in total. The summed E-state index contributed by atoms with van der Waals surface area (Å²) >= 11 is 4.22. The maximum atomic E-state index is 13.2. The van der Waals surface area contributed by atoms with E-state index >= 15 is 0 Å². The third kappa shape index (κ3) is 15.9. The van der Waals surface area contributed by atoms with Crippen molar-refractivity contribution < 1.29 is 43.5 Å². The number of fused-ring (bicyclic) bond motifs is 1. The molecule has 7 amide bonds. The Kier molecular flexibility index (Phi) is 19.7. The fourth-order valence-corrected chi connectivity index (χ4v) is 7.02. The van der Waals surface area contributed by atoms with Gasteiger partial charge in [0.05, 0.1) is 18.3 Å². The molecule has 63 heavy (non-hydrogen) atoms. The van der Waals surface area contributed by atoms with Crippen molar-refractivity contribution >= 4 is 83.5 Å². The summed E-state index contributed by atoms with van der Waals surface area (Å²) in [6.07, 6.45) is 4.14. The predicted octanol–water partition coefficient (Wildman–Crippen LogP) is -3.24. The van der Waals surface area contributed by atoms with E-state index in [0.717, 1.165) is 13.0 Å². The number of aliphatic carboxylic acids is 1. The number of aliphatic imine (C=N–C) groups is 3. The van der Waals surface area contributed by atoms with Gasteiger partial charge < -0.3 is 59.5 Å². The van der Waals surface area contributed by atoms with Crippen molar-refractivity contribution in [3.05, 3.63) is 29.8 Å². The number of carboxylic acid groups (broad SMARTS) is 1. The Labute approximate surface area is 369 Å². The third-order valence-corrected chi connectivity index (χ3v) is 10.7. The van der Waals surface area contributed by atoms with Gasteiger partial charge in [0.1, 0.15) is 24.2 Å². The molecule has 15 N–H and O–H groups in total. The van der Waals surface area contributed by atoms with Crippen LogP contribution in [0.1, 0.15) is 74.6 Å². The topological polar surface area (TPSA) is 368 Å². The lowest BCUT2D eigenvalue weighted by Crippen LogP contribution is -2.56. The zero-order chi connectivity index (χ0) is 45.9. The molecule has 0 bridgehead atoms. The zero-order valence-corrected chi connectivity index (χ0v) is 35.7. The van der Waals surface area contributed by atoms with Gasteiger partial charge in [-0.25, -0.2) is 9.79 Å². The lowest BCUT2D eigenvalue weighted by molar-refractivity contribution is -0.139. The summed E-state index contributed by atoms with van der Waals surface area (Å²) in [5, 5.41) is 31.5. The van der Waals surface area contributed by atoms with Crippen LogP contribution in [-0.4, -0.2) is 145 Å². The van der Waals surface area contributed by atoms with Gasteiger partial charge in [0, 0.05) is 36.2 Å². The van der Waals surface area contributed by atoms with Gasteiger partial charge in [0.15, 0.2) is 18.2 Å². The smallest absolute Gasteiger partial charge is 0.326 e. The van der Waals surface area contributed by atoms with E-state index in [9.17, 15) is 43.5 Å². The average Bonchev–Trinajstić information content (AvgIpc) is 3.81. The van der Waals surface area contributed by atoms with Gasteiger partial charge in [-0.1, -0.05) is 0 Å². The second-order valence-electron chi connectivity index (χ2n) is 15.1. The van der Waals surface area contributed by atoms with Crippen LogP contribution in [0.5, 0.6) is 0 Å². The van der Waals surface area contributed by atoms with Gasteiger partial charge in [-0.05, 0) is 95.1 Å². The molecule has 1 aromatic carbocycles. The summed E-state index contributed by atoms with van der Waals surface area (Å²) in [6, 6.07) is 0.579. The summed E-state index contributed by atoms with van der Waals surface area (Å²) in [5.74, 6) is -5.25. The molecule has 24 heteroatoms. The van der Waals surface area contributed by atoms with Crippen molar-refractivity contribution in [2.24, 2.45) is 32.2 Å². The number of primary amides is 1. The number of benzene rings is 1. The highest BCUT2D eigenvalue weighted by molar-refractivity contribution is 7.80. The van der Waals surface area contributed by atoms with Crippen LogP contribution in [0.2, 0.25) is 0 Å². The normalized spacial score (nSPS) is 19.7. The van der Waals surface area contributed by atoms with Crippen LogP contribution >= 0.6 is 12.6 Å². The molecular weight excluding hydrogens is 841 g/mol. The van der Waals surface area contributed by atoms with Crippen molar-refractivity contribution in [1.29, 1.82) is 0 Å². The van der Waals surface area contributed by atoms with Gasteiger partial charge in [0.2, 0.25) is 29.5 Å². The number of nitrogens with two attached hydrogens (primary N) is 3. The minimum absolute atomic E-state index is 0.00795. The summed E-state index contributed by atoms with van der Waals surface area (Å²) in [5.41, 5.74) is 17.9. The molecule has 0 saturated carbocycles. The number of guanidine groups is 1. The Balaban J connectivity index is 1.16. The number of nitrogens with zero attached hydrogens (tertiary/aromatic N) is 3. The number of rotatable bonds is 26. The molecule has 0 radical (unpaired) electrons. The molecule has 1 saturated heterocycles. The number of carbonyl (C=O) groups is 8. The van der Waals surface area contributed by atoms with Crippen LogP contribution in [0.3, 0.4) is 0 Å². The molecule has 344 valence electrons. The molecule has 0 spiro atoms. The van der Waals surface area contributed by atoms with E-state index < -0.39 is 77.8 Å². The fourth-order valence-electron chi connectivity index (χ4n) is 6.76. The molecule has 1 aromatic rings. The number of hydrogen-bond donors (Lipinski definition) is 13. The fraction of sp³-hybridized carbons (Fsp3) is 0.564.